The minimum Gasteiger partial charge on any atom is -0.491 e. The maximum Gasteiger partial charge on any atom is 0.490 e. The number of nitrogens with one attached hydrogen (secondary N) is 2. The van der Waals surface area contributed by atoms with Crippen molar-refractivity contribution in [2.24, 2.45) is 0 Å². The summed E-state index contributed by atoms with van der Waals surface area (Å²) in [7, 11) is 0. The van der Waals surface area contributed by atoms with Crippen LogP contribution in [-0.4, -0.2) is 118 Å². The number of alkyl halides is 6. The number of ether oxygens (including phenoxy) is 2. The number of aromatic nitrogens is 3. The Labute approximate surface area is 254 Å². The van der Waals surface area contributed by atoms with Gasteiger partial charge in [-0.15, -0.1) is 0 Å². The average Bonchev–Trinajstić information content (AvgIpc) is 3.38. The second kappa shape index (κ2) is 17.1. The smallest absolute Gasteiger partial charge is 0.490 e. The van der Waals surface area contributed by atoms with Gasteiger partial charge < -0.3 is 35.1 Å². The van der Waals surface area contributed by atoms with Crippen molar-refractivity contribution in [3.05, 3.63) is 41.0 Å². The minimum absolute atomic E-state index is 0.243. The van der Waals surface area contributed by atoms with Gasteiger partial charge in [0.2, 0.25) is 0 Å². The van der Waals surface area contributed by atoms with Crippen LogP contribution in [0.1, 0.15) is 0 Å². The standard InChI is InChI=1S/C21H26BrN5O3.2C2HF3O2/c22-16-11-19-21(24-12-16)26-20(25-19)15-1-3-18(4-2-15)30-14-17(28)13-23-5-6-27-7-9-29-10-8-27;2*3-2(4,5)1(6)7/h1-4,11-12,17,23,28H,5-10,13-14H2,(H,24,25,26);2*(H,6,7). The van der Waals surface area contributed by atoms with Crippen molar-refractivity contribution >= 4 is 39.0 Å². The van der Waals surface area contributed by atoms with Crippen LogP contribution in [0.4, 0.5) is 26.3 Å². The van der Waals surface area contributed by atoms with Crippen molar-refractivity contribution in [2.45, 2.75) is 18.5 Å². The van der Waals surface area contributed by atoms with E-state index in [9.17, 15) is 31.4 Å². The number of aromatic amines is 1. The molecule has 1 fully saturated rings. The van der Waals surface area contributed by atoms with Crippen LogP contribution >= 0.6 is 15.9 Å². The second-order valence-electron chi connectivity index (χ2n) is 8.86. The summed E-state index contributed by atoms with van der Waals surface area (Å²) in [5, 5.41) is 27.7. The first-order chi connectivity index (χ1) is 20.6. The molecule has 0 radical (unpaired) electrons. The van der Waals surface area contributed by atoms with Gasteiger partial charge in [-0.3, -0.25) is 4.90 Å². The number of halogens is 7. The first kappa shape index (κ1) is 36.7. The van der Waals surface area contributed by atoms with Crippen molar-refractivity contribution in [1.29, 1.82) is 0 Å². The molecule has 0 aliphatic carbocycles. The van der Waals surface area contributed by atoms with E-state index in [4.69, 9.17) is 29.3 Å². The summed E-state index contributed by atoms with van der Waals surface area (Å²) in [5.74, 6) is -4.05. The number of morpholine rings is 1. The Hall–Kier alpha value is -3.52. The summed E-state index contributed by atoms with van der Waals surface area (Å²) < 4.78 is 75.4. The molecule has 0 spiro atoms. The third kappa shape index (κ3) is 13.4. The normalized spacial score (nSPS) is 14.5. The molecule has 4 rings (SSSR count). The number of hydrogen-bond acceptors (Lipinski definition) is 9. The number of benzene rings is 1. The molecule has 3 aromatic rings. The minimum atomic E-state index is -5.08. The van der Waals surface area contributed by atoms with Gasteiger partial charge in [0.15, 0.2) is 5.65 Å². The van der Waals surface area contributed by atoms with E-state index in [1.807, 2.05) is 30.3 Å². The first-order valence-corrected chi connectivity index (χ1v) is 13.4. The number of aliphatic carboxylic acids is 2. The fourth-order valence-electron chi connectivity index (χ4n) is 3.30. The van der Waals surface area contributed by atoms with Crippen LogP contribution in [0.25, 0.3) is 22.6 Å². The van der Waals surface area contributed by atoms with Crippen LogP contribution in [0.15, 0.2) is 41.0 Å². The molecule has 0 saturated carbocycles. The molecule has 1 saturated heterocycles. The highest BCUT2D eigenvalue weighted by Gasteiger charge is 2.38. The highest BCUT2D eigenvalue weighted by atomic mass is 79.9. The van der Waals surface area contributed by atoms with Gasteiger partial charge in [-0.25, -0.2) is 19.6 Å². The molecule has 44 heavy (non-hydrogen) atoms. The lowest BCUT2D eigenvalue weighted by Gasteiger charge is -2.26. The Balaban J connectivity index is 0.000000402. The largest absolute Gasteiger partial charge is 0.491 e. The molecule has 1 aromatic carbocycles. The number of rotatable bonds is 9. The summed E-state index contributed by atoms with van der Waals surface area (Å²) in [5.41, 5.74) is 2.50. The Morgan fingerprint density at radius 3 is 2.18 bits per heavy atom. The van der Waals surface area contributed by atoms with Gasteiger partial charge in [0.05, 0.1) is 13.2 Å². The molecular weight excluding hydrogens is 676 g/mol. The van der Waals surface area contributed by atoms with E-state index in [0.29, 0.717) is 12.3 Å². The van der Waals surface area contributed by atoms with Crippen molar-refractivity contribution in [3.63, 3.8) is 0 Å². The molecule has 244 valence electrons. The number of aliphatic hydroxyl groups excluding tert-OH is 1. The first-order valence-electron chi connectivity index (χ1n) is 12.6. The van der Waals surface area contributed by atoms with Crippen LogP contribution in [0, 0.1) is 0 Å². The number of carboxylic acids is 2. The number of carbonyl (C=O) groups is 2. The summed E-state index contributed by atoms with van der Waals surface area (Å²) >= 11 is 3.41. The summed E-state index contributed by atoms with van der Waals surface area (Å²) in [6, 6.07) is 9.56. The molecule has 1 aliphatic rings. The Kier molecular flexibility index (Phi) is 14.2. The zero-order valence-electron chi connectivity index (χ0n) is 22.7. The van der Waals surface area contributed by atoms with E-state index in [-0.39, 0.29) is 6.61 Å². The highest BCUT2D eigenvalue weighted by molar-refractivity contribution is 9.10. The maximum atomic E-state index is 10.6. The SMILES string of the molecule is O=C(O)C(F)(F)F.O=C(O)C(F)(F)F.OC(CNCCN1CCOCC1)COc1ccc(-c2nc3cc(Br)cnc3[nH]2)cc1. The Morgan fingerprint density at radius 2 is 1.64 bits per heavy atom. The van der Waals surface area contributed by atoms with E-state index in [1.165, 1.54) is 0 Å². The van der Waals surface area contributed by atoms with Crippen molar-refractivity contribution in [3.8, 4) is 17.1 Å². The second-order valence-corrected chi connectivity index (χ2v) is 9.78. The van der Waals surface area contributed by atoms with E-state index in [2.05, 4.69) is 41.1 Å². The van der Waals surface area contributed by atoms with Gasteiger partial charge >= 0.3 is 24.3 Å². The summed E-state index contributed by atoms with van der Waals surface area (Å²) in [6.07, 6.45) is -8.99. The molecule has 1 atom stereocenters. The van der Waals surface area contributed by atoms with Crippen LogP contribution in [0.2, 0.25) is 0 Å². The molecule has 1 aliphatic heterocycles. The third-order valence-electron chi connectivity index (χ3n) is 5.45. The predicted octanol–water partition coefficient (Wildman–Crippen LogP) is 3.32. The Morgan fingerprint density at radius 1 is 1.07 bits per heavy atom. The molecule has 0 bridgehead atoms. The van der Waals surface area contributed by atoms with E-state index >= 15 is 0 Å². The maximum absolute atomic E-state index is 10.6. The average molecular weight is 704 g/mol. The number of hydrogen-bond donors (Lipinski definition) is 5. The molecule has 3 heterocycles. The number of carboxylic acid groups (broad SMARTS) is 2. The summed E-state index contributed by atoms with van der Waals surface area (Å²) in [4.78, 5) is 32.3. The number of aliphatic hydroxyl groups is 1. The van der Waals surface area contributed by atoms with E-state index < -0.39 is 30.4 Å². The zero-order valence-corrected chi connectivity index (χ0v) is 24.2. The number of H-pyrrole nitrogens is 1. The van der Waals surface area contributed by atoms with Gasteiger partial charge in [-0.05, 0) is 46.3 Å². The number of fused-ring (bicyclic) bond motifs is 1. The fourth-order valence-corrected chi connectivity index (χ4v) is 3.62. The van der Waals surface area contributed by atoms with Gasteiger partial charge in [0.1, 0.15) is 29.8 Å². The molecule has 19 heteroatoms. The van der Waals surface area contributed by atoms with Gasteiger partial charge in [-0.1, -0.05) is 0 Å². The fraction of sp³-hybridized carbons (Fsp3) is 0.440. The molecule has 0 amide bonds. The van der Waals surface area contributed by atoms with Crippen molar-refractivity contribution in [2.75, 3.05) is 52.5 Å². The van der Waals surface area contributed by atoms with Crippen LogP contribution in [0.5, 0.6) is 5.75 Å². The molecule has 12 nitrogen and oxygen atoms in total. The molecule has 1 unspecified atom stereocenters. The van der Waals surface area contributed by atoms with Crippen LogP contribution in [-0.2, 0) is 14.3 Å². The molecule has 5 N–H and O–H groups in total. The lowest BCUT2D eigenvalue weighted by atomic mass is 10.2. The summed E-state index contributed by atoms with van der Waals surface area (Å²) in [6.45, 7) is 6.12. The topological polar surface area (TPSA) is 170 Å². The highest BCUT2D eigenvalue weighted by Crippen LogP contribution is 2.23. The lowest BCUT2D eigenvalue weighted by Crippen LogP contribution is -2.41. The predicted molar refractivity (Wildman–Crippen MR) is 146 cm³/mol. The van der Waals surface area contributed by atoms with Crippen molar-refractivity contribution < 1.29 is 60.7 Å². The monoisotopic (exact) mass is 703 g/mol. The third-order valence-corrected chi connectivity index (χ3v) is 5.88. The van der Waals surface area contributed by atoms with Crippen molar-refractivity contribution in [1.82, 2.24) is 25.2 Å². The van der Waals surface area contributed by atoms with E-state index in [1.54, 1.807) is 6.20 Å². The van der Waals surface area contributed by atoms with Gasteiger partial charge in [-0.2, -0.15) is 26.3 Å². The number of nitrogens with zero attached hydrogens (tertiary/aromatic N) is 3. The quantitative estimate of drug-likeness (QED) is 0.164. The molecular formula is C25H28BrF6N5O7. The lowest BCUT2D eigenvalue weighted by molar-refractivity contribution is -0.193. The van der Waals surface area contributed by atoms with E-state index in [0.717, 1.165) is 66.4 Å². The zero-order chi connectivity index (χ0) is 32.9. The Bertz CT molecular complexity index is 1310. The van der Waals surface area contributed by atoms with Crippen LogP contribution in [0.3, 0.4) is 0 Å². The van der Waals surface area contributed by atoms with Gasteiger partial charge in [0.25, 0.3) is 0 Å². The molecule has 2 aromatic heterocycles. The number of pyridine rings is 1. The van der Waals surface area contributed by atoms with Crippen LogP contribution < -0.4 is 10.1 Å². The number of imidazole rings is 1. The van der Waals surface area contributed by atoms with Gasteiger partial charge in [0, 0.05) is 49.0 Å².